The molecular formula is C20H21N3O2S. The third-order valence-corrected chi connectivity index (χ3v) is 5.47. The third kappa shape index (κ3) is 4.40. The van der Waals surface area contributed by atoms with Crippen molar-refractivity contribution >= 4 is 21.5 Å². The zero-order valence-electron chi connectivity index (χ0n) is 14.7. The smallest absolute Gasteiger partial charge is 0.263 e. The van der Waals surface area contributed by atoms with Crippen LogP contribution in [0.5, 0.6) is 0 Å². The molecule has 1 aromatic heterocycles. The molecule has 0 bridgehead atoms. The Bertz CT molecular complexity index is 985. The number of pyridine rings is 1. The van der Waals surface area contributed by atoms with Gasteiger partial charge in [-0.3, -0.25) is 4.72 Å². The van der Waals surface area contributed by atoms with E-state index in [1.54, 1.807) is 37.4 Å². The first-order chi connectivity index (χ1) is 12.4. The maximum absolute atomic E-state index is 12.6. The Morgan fingerprint density at radius 3 is 2.42 bits per heavy atom. The summed E-state index contributed by atoms with van der Waals surface area (Å²) in [5.41, 5.74) is 3.57. The highest BCUT2D eigenvalue weighted by Gasteiger charge is 2.17. The summed E-state index contributed by atoms with van der Waals surface area (Å²) in [6, 6.07) is 18.8. The molecule has 0 amide bonds. The lowest BCUT2D eigenvalue weighted by molar-refractivity contribution is 0.600. The van der Waals surface area contributed by atoms with Gasteiger partial charge in [0, 0.05) is 6.54 Å². The molecule has 0 atom stereocenters. The summed E-state index contributed by atoms with van der Waals surface area (Å²) in [4.78, 5) is 4.47. The van der Waals surface area contributed by atoms with Gasteiger partial charge in [0.15, 0.2) is 0 Å². The first kappa shape index (κ1) is 17.9. The highest BCUT2D eigenvalue weighted by Crippen LogP contribution is 2.20. The average Bonchev–Trinajstić information content (AvgIpc) is 2.64. The van der Waals surface area contributed by atoms with Crippen molar-refractivity contribution in [3.05, 3.63) is 83.6 Å². The van der Waals surface area contributed by atoms with Crippen LogP contribution in [-0.4, -0.2) is 13.4 Å². The van der Waals surface area contributed by atoms with Crippen LogP contribution in [0.25, 0.3) is 0 Å². The standard InChI is InChI=1S/C20H21N3O2S/c1-15-8-9-16(2)19(12-15)26(24,25)23-20-11-10-18(14-22-20)21-13-17-6-4-3-5-7-17/h3-12,14,21H,13H2,1-2H3,(H,22,23). The van der Waals surface area contributed by atoms with E-state index in [-0.39, 0.29) is 10.7 Å². The molecule has 26 heavy (non-hydrogen) atoms. The van der Waals surface area contributed by atoms with Gasteiger partial charge in [0.05, 0.1) is 16.8 Å². The van der Waals surface area contributed by atoms with Crippen molar-refractivity contribution in [3.8, 4) is 0 Å². The monoisotopic (exact) mass is 367 g/mol. The zero-order valence-corrected chi connectivity index (χ0v) is 15.5. The number of sulfonamides is 1. The minimum Gasteiger partial charge on any atom is -0.380 e. The minimum absolute atomic E-state index is 0.269. The summed E-state index contributed by atoms with van der Waals surface area (Å²) in [6.07, 6.45) is 1.61. The summed E-state index contributed by atoms with van der Waals surface area (Å²) in [5.74, 6) is 0.288. The number of benzene rings is 2. The topological polar surface area (TPSA) is 71.1 Å². The Morgan fingerprint density at radius 1 is 0.962 bits per heavy atom. The minimum atomic E-state index is -3.67. The van der Waals surface area contributed by atoms with E-state index < -0.39 is 10.0 Å². The largest absolute Gasteiger partial charge is 0.380 e. The molecule has 0 aliphatic carbocycles. The summed E-state index contributed by atoms with van der Waals surface area (Å²) in [5, 5.41) is 3.26. The SMILES string of the molecule is Cc1ccc(C)c(S(=O)(=O)Nc2ccc(NCc3ccccc3)cn2)c1. The highest BCUT2D eigenvalue weighted by molar-refractivity contribution is 7.92. The molecule has 0 saturated carbocycles. The van der Waals surface area contributed by atoms with E-state index in [1.807, 2.05) is 43.3 Å². The summed E-state index contributed by atoms with van der Waals surface area (Å²) in [7, 11) is -3.67. The van der Waals surface area contributed by atoms with Gasteiger partial charge >= 0.3 is 0 Å². The van der Waals surface area contributed by atoms with Gasteiger partial charge in [-0.2, -0.15) is 0 Å². The molecule has 0 fully saturated rings. The molecule has 1 heterocycles. The molecule has 6 heteroatoms. The Kier molecular flexibility index (Phi) is 5.23. The Morgan fingerprint density at radius 2 is 1.73 bits per heavy atom. The van der Waals surface area contributed by atoms with Gasteiger partial charge in [0.25, 0.3) is 10.0 Å². The van der Waals surface area contributed by atoms with Crippen LogP contribution in [-0.2, 0) is 16.6 Å². The number of hydrogen-bond donors (Lipinski definition) is 2. The molecular weight excluding hydrogens is 346 g/mol. The van der Waals surface area contributed by atoms with E-state index in [9.17, 15) is 8.42 Å². The molecule has 2 N–H and O–H groups in total. The summed E-state index contributed by atoms with van der Waals surface area (Å²) in [6.45, 7) is 4.32. The third-order valence-electron chi connectivity index (χ3n) is 3.98. The Balaban J connectivity index is 1.69. The Labute approximate surface area is 154 Å². The van der Waals surface area contributed by atoms with Crippen molar-refractivity contribution in [2.75, 3.05) is 10.0 Å². The lowest BCUT2D eigenvalue weighted by atomic mass is 10.2. The van der Waals surface area contributed by atoms with Gasteiger partial charge < -0.3 is 5.32 Å². The molecule has 0 spiro atoms. The predicted molar refractivity (Wildman–Crippen MR) is 105 cm³/mol. The summed E-state index contributed by atoms with van der Waals surface area (Å²) < 4.78 is 27.7. The maximum Gasteiger partial charge on any atom is 0.263 e. The van der Waals surface area contributed by atoms with Crippen LogP contribution < -0.4 is 10.0 Å². The second-order valence-electron chi connectivity index (χ2n) is 6.15. The predicted octanol–water partition coefficient (Wildman–Crippen LogP) is 4.11. The lowest BCUT2D eigenvalue weighted by Gasteiger charge is -2.11. The van der Waals surface area contributed by atoms with E-state index >= 15 is 0 Å². The van der Waals surface area contributed by atoms with E-state index in [0.717, 1.165) is 16.8 Å². The average molecular weight is 367 g/mol. The van der Waals surface area contributed by atoms with Crippen molar-refractivity contribution in [1.29, 1.82) is 0 Å². The Hall–Kier alpha value is -2.86. The van der Waals surface area contributed by atoms with E-state index in [0.29, 0.717) is 12.1 Å². The molecule has 0 saturated heterocycles. The molecule has 0 aliphatic heterocycles. The van der Waals surface area contributed by atoms with Crippen molar-refractivity contribution in [1.82, 2.24) is 4.98 Å². The van der Waals surface area contributed by atoms with E-state index in [2.05, 4.69) is 15.0 Å². The van der Waals surface area contributed by atoms with Crippen LogP contribution in [0.1, 0.15) is 16.7 Å². The molecule has 0 unspecified atom stereocenters. The van der Waals surface area contributed by atoms with Crippen LogP contribution in [0.2, 0.25) is 0 Å². The fraction of sp³-hybridized carbons (Fsp3) is 0.150. The number of nitrogens with one attached hydrogen (secondary N) is 2. The number of rotatable bonds is 6. The fourth-order valence-electron chi connectivity index (χ4n) is 2.55. The molecule has 3 aromatic rings. The number of aryl methyl sites for hydroxylation is 2. The first-order valence-electron chi connectivity index (χ1n) is 8.28. The number of nitrogens with zero attached hydrogens (tertiary/aromatic N) is 1. The van der Waals surface area contributed by atoms with Crippen molar-refractivity contribution in [2.45, 2.75) is 25.3 Å². The lowest BCUT2D eigenvalue weighted by Crippen LogP contribution is -2.15. The molecule has 0 radical (unpaired) electrons. The van der Waals surface area contributed by atoms with Crippen LogP contribution in [0.3, 0.4) is 0 Å². The van der Waals surface area contributed by atoms with Crippen molar-refractivity contribution in [3.63, 3.8) is 0 Å². The van der Waals surface area contributed by atoms with Gasteiger partial charge in [-0.15, -0.1) is 0 Å². The van der Waals surface area contributed by atoms with Crippen LogP contribution in [0, 0.1) is 13.8 Å². The van der Waals surface area contributed by atoms with Crippen LogP contribution in [0.15, 0.2) is 71.8 Å². The maximum atomic E-state index is 12.6. The van der Waals surface area contributed by atoms with Gasteiger partial charge in [-0.1, -0.05) is 42.5 Å². The van der Waals surface area contributed by atoms with Crippen molar-refractivity contribution in [2.24, 2.45) is 0 Å². The highest BCUT2D eigenvalue weighted by atomic mass is 32.2. The van der Waals surface area contributed by atoms with Gasteiger partial charge in [0.1, 0.15) is 5.82 Å². The normalized spacial score (nSPS) is 11.2. The zero-order chi connectivity index (χ0) is 18.6. The molecule has 3 rings (SSSR count). The number of aromatic nitrogens is 1. The molecule has 5 nitrogen and oxygen atoms in total. The number of anilines is 2. The van der Waals surface area contributed by atoms with Crippen LogP contribution >= 0.6 is 0 Å². The first-order valence-corrected chi connectivity index (χ1v) is 9.76. The number of hydrogen-bond acceptors (Lipinski definition) is 4. The van der Waals surface area contributed by atoms with E-state index in [1.165, 1.54) is 0 Å². The van der Waals surface area contributed by atoms with Gasteiger partial charge in [0.2, 0.25) is 0 Å². The van der Waals surface area contributed by atoms with Gasteiger partial charge in [-0.05, 0) is 48.7 Å². The van der Waals surface area contributed by atoms with Gasteiger partial charge in [-0.25, -0.2) is 13.4 Å². The molecule has 2 aromatic carbocycles. The summed E-state index contributed by atoms with van der Waals surface area (Å²) >= 11 is 0. The second-order valence-corrected chi connectivity index (χ2v) is 7.80. The fourth-order valence-corrected chi connectivity index (χ4v) is 3.89. The quantitative estimate of drug-likeness (QED) is 0.688. The van der Waals surface area contributed by atoms with E-state index in [4.69, 9.17) is 0 Å². The van der Waals surface area contributed by atoms with Crippen molar-refractivity contribution < 1.29 is 8.42 Å². The molecule has 134 valence electrons. The second kappa shape index (κ2) is 7.58. The van der Waals surface area contributed by atoms with Crippen LogP contribution in [0.4, 0.5) is 11.5 Å². The molecule has 0 aliphatic rings.